The Hall–Kier alpha value is -1.91. The maximum atomic E-state index is 6.49. The molecule has 0 saturated carbocycles. The van der Waals surface area contributed by atoms with Gasteiger partial charge in [0.15, 0.2) is 0 Å². The van der Waals surface area contributed by atoms with E-state index >= 15 is 0 Å². The van der Waals surface area contributed by atoms with E-state index < -0.39 is 6.23 Å². The van der Waals surface area contributed by atoms with Gasteiger partial charge in [-0.1, -0.05) is 82.8 Å². The average Bonchev–Trinajstić information content (AvgIpc) is 3.16. The summed E-state index contributed by atoms with van der Waals surface area (Å²) in [6.45, 7) is 0. The molecule has 3 nitrogen and oxygen atoms in total. The Morgan fingerprint density at radius 1 is 0.862 bits per heavy atom. The Kier molecular flexibility index (Phi) is 4.87. The van der Waals surface area contributed by atoms with Crippen LogP contribution in [0.5, 0.6) is 5.75 Å². The van der Waals surface area contributed by atoms with Crippen molar-refractivity contribution in [2.24, 2.45) is 5.10 Å². The second-order valence-corrected chi connectivity index (χ2v) is 8.62. The number of hydrogen-bond donors (Lipinski definition) is 0. The van der Waals surface area contributed by atoms with Crippen molar-refractivity contribution in [1.82, 2.24) is 5.01 Å². The fourth-order valence-electron chi connectivity index (χ4n) is 3.81. The van der Waals surface area contributed by atoms with Crippen molar-refractivity contribution < 1.29 is 4.74 Å². The van der Waals surface area contributed by atoms with Crippen molar-refractivity contribution in [2.75, 3.05) is 0 Å². The second-order valence-electron chi connectivity index (χ2n) is 6.96. The summed E-state index contributed by atoms with van der Waals surface area (Å²) >= 11 is 25.2. The molecule has 0 radical (unpaired) electrons. The lowest BCUT2D eigenvalue weighted by Gasteiger charge is -2.38. The number of nitrogens with zero attached hydrogens (tertiary/aromatic N) is 2. The van der Waals surface area contributed by atoms with Crippen molar-refractivity contribution in [1.29, 1.82) is 0 Å². The minimum absolute atomic E-state index is 0.0513. The molecule has 0 unspecified atom stereocenters. The van der Waals surface area contributed by atoms with Gasteiger partial charge in [0, 0.05) is 22.6 Å². The molecule has 2 aliphatic heterocycles. The fourth-order valence-corrected chi connectivity index (χ4v) is 4.67. The van der Waals surface area contributed by atoms with Crippen LogP contribution in [0.15, 0.2) is 65.8 Å². The van der Waals surface area contributed by atoms with Crippen LogP contribution < -0.4 is 4.74 Å². The standard InChI is InChI=1S/C22H14Cl4N2O/c23-14-9-15-20-11-19(12-4-2-1-3-5-12)27-28(20)22(29-21(15)18(26)10-14)13-6-7-16(24)17(25)8-13/h1-10,20,22H,11H2/t20-,22+/m0/s1. The Morgan fingerprint density at radius 2 is 1.66 bits per heavy atom. The van der Waals surface area contributed by atoms with Crippen molar-refractivity contribution in [3.63, 3.8) is 0 Å². The molecule has 2 aliphatic rings. The first kappa shape index (κ1) is 19.1. The predicted octanol–water partition coefficient (Wildman–Crippen LogP) is 7.54. The van der Waals surface area contributed by atoms with Gasteiger partial charge in [-0.05, 0) is 29.8 Å². The molecule has 0 aromatic heterocycles. The Labute approximate surface area is 188 Å². The Morgan fingerprint density at radius 3 is 2.41 bits per heavy atom. The largest absolute Gasteiger partial charge is 0.463 e. The number of fused-ring (bicyclic) bond motifs is 3. The van der Waals surface area contributed by atoms with Gasteiger partial charge in [-0.25, -0.2) is 5.01 Å². The van der Waals surface area contributed by atoms with E-state index in [1.807, 2.05) is 35.3 Å². The molecule has 0 saturated heterocycles. The lowest BCUT2D eigenvalue weighted by Crippen LogP contribution is -2.33. The van der Waals surface area contributed by atoms with Crippen LogP contribution in [0.2, 0.25) is 20.1 Å². The molecule has 146 valence electrons. The number of halogens is 4. The maximum absolute atomic E-state index is 6.49. The van der Waals surface area contributed by atoms with Crippen LogP contribution in [-0.4, -0.2) is 10.7 Å². The smallest absolute Gasteiger partial charge is 0.214 e. The summed E-state index contributed by atoms with van der Waals surface area (Å²) in [5, 5.41) is 8.86. The molecule has 2 heterocycles. The zero-order valence-corrected chi connectivity index (χ0v) is 18.0. The first-order valence-electron chi connectivity index (χ1n) is 9.03. The third-order valence-corrected chi connectivity index (χ3v) is 6.38. The van der Waals surface area contributed by atoms with Gasteiger partial charge in [0.05, 0.1) is 26.8 Å². The SMILES string of the molecule is Clc1cc(Cl)c2c(c1)[C@@H]1CC(c3ccccc3)=NN1[C@@H](c1ccc(Cl)c(Cl)c1)O2. The molecule has 0 fully saturated rings. The number of hydrogen-bond acceptors (Lipinski definition) is 3. The van der Waals surface area contributed by atoms with Gasteiger partial charge in [0.1, 0.15) is 5.75 Å². The number of benzene rings is 3. The summed E-state index contributed by atoms with van der Waals surface area (Å²) in [6.07, 6.45) is 0.233. The molecular formula is C22H14Cl4N2O. The summed E-state index contributed by atoms with van der Waals surface area (Å²) in [4.78, 5) is 0. The lowest BCUT2D eigenvalue weighted by molar-refractivity contribution is -0.0189. The minimum atomic E-state index is -0.484. The monoisotopic (exact) mass is 462 g/mol. The molecule has 29 heavy (non-hydrogen) atoms. The normalized spacial score (nSPS) is 20.0. The van der Waals surface area contributed by atoms with Crippen LogP contribution in [0.4, 0.5) is 0 Å². The highest BCUT2D eigenvalue weighted by Gasteiger charge is 2.42. The van der Waals surface area contributed by atoms with Crippen molar-refractivity contribution >= 4 is 52.1 Å². The zero-order valence-electron chi connectivity index (χ0n) is 14.9. The molecule has 5 rings (SSSR count). The minimum Gasteiger partial charge on any atom is -0.463 e. The van der Waals surface area contributed by atoms with Crippen molar-refractivity contribution in [3.8, 4) is 5.75 Å². The van der Waals surface area contributed by atoms with Crippen molar-refractivity contribution in [2.45, 2.75) is 18.7 Å². The predicted molar refractivity (Wildman–Crippen MR) is 118 cm³/mol. The molecule has 0 bridgehead atoms. The Bertz CT molecular complexity index is 1130. The summed E-state index contributed by atoms with van der Waals surface area (Å²) in [5.41, 5.74) is 3.82. The first-order chi connectivity index (χ1) is 14.0. The summed E-state index contributed by atoms with van der Waals surface area (Å²) < 4.78 is 6.32. The van der Waals surface area contributed by atoms with E-state index in [2.05, 4.69) is 12.1 Å². The van der Waals surface area contributed by atoms with Gasteiger partial charge in [-0.2, -0.15) is 5.10 Å². The Balaban J connectivity index is 1.65. The fraction of sp³-hybridized carbons (Fsp3) is 0.136. The van der Waals surface area contributed by atoms with Crippen LogP contribution in [0, 0.1) is 0 Å². The first-order valence-corrected chi connectivity index (χ1v) is 10.5. The van der Waals surface area contributed by atoms with E-state index in [-0.39, 0.29) is 6.04 Å². The topological polar surface area (TPSA) is 24.8 Å². The molecular weight excluding hydrogens is 450 g/mol. The van der Waals surface area contributed by atoms with E-state index in [4.69, 9.17) is 56.2 Å². The average molecular weight is 464 g/mol. The van der Waals surface area contributed by atoms with Crippen LogP contribution in [-0.2, 0) is 0 Å². The zero-order chi connectivity index (χ0) is 20.1. The van der Waals surface area contributed by atoms with Crippen molar-refractivity contribution in [3.05, 3.63) is 97.4 Å². The van der Waals surface area contributed by atoms with E-state index in [9.17, 15) is 0 Å². The van der Waals surface area contributed by atoms with Crippen LogP contribution in [0.1, 0.15) is 35.4 Å². The van der Waals surface area contributed by atoms with Crippen LogP contribution in [0.3, 0.4) is 0 Å². The third kappa shape index (κ3) is 3.36. The van der Waals surface area contributed by atoms with Gasteiger partial charge in [-0.3, -0.25) is 0 Å². The molecule has 3 aromatic carbocycles. The molecule has 0 spiro atoms. The van der Waals surface area contributed by atoms with Gasteiger partial charge >= 0.3 is 0 Å². The number of rotatable bonds is 2. The molecule has 0 N–H and O–H groups in total. The van der Waals surface area contributed by atoms with E-state index in [1.165, 1.54) is 0 Å². The van der Waals surface area contributed by atoms with Gasteiger partial charge in [0.25, 0.3) is 0 Å². The highest BCUT2D eigenvalue weighted by molar-refractivity contribution is 6.42. The van der Waals surface area contributed by atoms with Gasteiger partial charge in [-0.15, -0.1) is 0 Å². The van der Waals surface area contributed by atoms with Gasteiger partial charge < -0.3 is 4.74 Å². The van der Waals surface area contributed by atoms with Crippen LogP contribution >= 0.6 is 46.4 Å². The molecule has 7 heteroatoms. The van der Waals surface area contributed by atoms with E-state index in [1.54, 1.807) is 18.2 Å². The molecule has 0 amide bonds. The van der Waals surface area contributed by atoms with Gasteiger partial charge in [0.2, 0.25) is 6.23 Å². The lowest BCUT2D eigenvalue weighted by atomic mass is 9.96. The molecule has 0 aliphatic carbocycles. The summed E-state index contributed by atoms with van der Waals surface area (Å²) in [6, 6.07) is 19.1. The number of hydrazone groups is 1. The molecule has 2 atom stereocenters. The van der Waals surface area contributed by atoms with E-state index in [0.717, 1.165) is 28.8 Å². The van der Waals surface area contributed by atoms with Crippen LogP contribution in [0.25, 0.3) is 0 Å². The highest BCUT2D eigenvalue weighted by Crippen LogP contribution is 2.51. The summed E-state index contributed by atoms with van der Waals surface area (Å²) in [7, 11) is 0. The highest BCUT2D eigenvalue weighted by atomic mass is 35.5. The third-order valence-electron chi connectivity index (χ3n) is 5.14. The number of ether oxygens (including phenoxy) is 1. The maximum Gasteiger partial charge on any atom is 0.214 e. The molecule has 3 aromatic rings. The summed E-state index contributed by atoms with van der Waals surface area (Å²) in [5.74, 6) is 0.623. The quantitative estimate of drug-likeness (QED) is 0.392. The van der Waals surface area contributed by atoms with E-state index in [0.29, 0.717) is 25.8 Å². The second kappa shape index (κ2) is 7.41.